The Morgan fingerprint density at radius 1 is 1.37 bits per heavy atom. The molecule has 1 aliphatic rings. The smallest absolute Gasteiger partial charge is 0.306 e. The molecule has 0 aliphatic carbocycles. The van der Waals surface area contributed by atoms with E-state index in [0.29, 0.717) is 40.8 Å². The van der Waals surface area contributed by atoms with Gasteiger partial charge in [0.1, 0.15) is 28.1 Å². The van der Waals surface area contributed by atoms with Crippen LogP contribution in [0.3, 0.4) is 0 Å². The molecule has 8 heteroatoms. The zero-order valence-corrected chi connectivity index (χ0v) is 16.0. The van der Waals surface area contributed by atoms with Crippen molar-refractivity contribution in [3.63, 3.8) is 0 Å². The fourth-order valence-corrected chi connectivity index (χ4v) is 4.17. The summed E-state index contributed by atoms with van der Waals surface area (Å²) in [6.45, 7) is 4.69. The standard InChI is InChI=1S/C19H21FN2O4S/c1-11-9-22(8-7-15(11)19(24)25)18(23)17-12(2)21-16(27-17)10-26-14-5-3-13(20)4-6-14/h3-6,11,15H,7-10H2,1-2H3,(H,24,25). The molecule has 1 aliphatic heterocycles. The molecule has 2 heterocycles. The largest absolute Gasteiger partial charge is 0.486 e. The van der Waals surface area contributed by atoms with E-state index in [1.807, 2.05) is 6.92 Å². The Bertz CT molecular complexity index is 837. The van der Waals surface area contributed by atoms with E-state index in [9.17, 15) is 19.1 Å². The number of thiazole rings is 1. The van der Waals surface area contributed by atoms with E-state index in [2.05, 4.69) is 4.98 Å². The van der Waals surface area contributed by atoms with Crippen molar-refractivity contribution < 1.29 is 23.8 Å². The molecule has 0 saturated carbocycles. The lowest BCUT2D eigenvalue weighted by molar-refractivity contribution is -0.145. The Balaban J connectivity index is 1.64. The summed E-state index contributed by atoms with van der Waals surface area (Å²) in [5, 5.41) is 9.88. The van der Waals surface area contributed by atoms with Gasteiger partial charge in [-0.25, -0.2) is 9.37 Å². The summed E-state index contributed by atoms with van der Waals surface area (Å²) in [7, 11) is 0. The van der Waals surface area contributed by atoms with Gasteiger partial charge in [-0.3, -0.25) is 9.59 Å². The molecular weight excluding hydrogens is 371 g/mol. The fourth-order valence-electron chi connectivity index (χ4n) is 3.23. The molecular formula is C19H21FN2O4S. The van der Waals surface area contributed by atoms with Crippen molar-refractivity contribution in [1.82, 2.24) is 9.88 Å². The number of hydrogen-bond acceptors (Lipinski definition) is 5. The van der Waals surface area contributed by atoms with Gasteiger partial charge in [0, 0.05) is 13.1 Å². The van der Waals surface area contributed by atoms with Crippen LogP contribution in [0.25, 0.3) is 0 Å². The van der Waals surface area contributed by atoms with Crippen LogP contribution in [-0.4, -0.2) is 40.0 Å². The summed E-state index contributed by atoms with van der Waals surface area (Å²) in [5.41, 5.74) is 0.635. The van der Waals surface area contributed by atoms with Gasteiger partial charge < -0.3 is 14.7 Å². The van der Waals surface area contributed by atoms with Crippen molar-refractivity contribution in [2.45, 2.75) is 26.9 Å². The van der Waals surface area contributed by atoms with Crippen molar-refractivity contribution in [1.29, 1.82) is 0 Å². The van der Waals surface area contributed by atoms with Crippen LogP contribution in [0, 0.1) is 24.6 Å². The second kappa shape index (κ2) is 8.04. The van der Waals surface area contributed by atoms with Gasteiger partial charge in [0.05, 0.1) is 11.6 Å². The average Bonchev–Trinajstić information content (AvgIpc) is 3.01. The number of piperidine rings is 1. The number of carboxylic acids is 1. The second-order valence-electron chi connectivity index (χ2n) is 6.73. The van der Waals surface area contributed by atoms with Gasteiger partial charge in [0.2, 0.25) is 0 Å². The molecule has 1 aromatic heterocycles. The number of amides is 1. The van der Waals surface area contributed by atoms with Gasteiger partial charge in [-0.1, -0.05) is 6.92 Å². The first-order valence-electron chi connectivity index (χ1n) is 8.72. The monoisotopic (exact) mass is 392 g/mol. The Morgan fingerprint density at radius 3 is 2.70 bits per heavy atom. The lowest BCUT2D eigenvalue weighted by Gasteiger charge is -2.34. The average molecular weight is 392 g/mol. The maximum atomic E-state index is 12.9. The van der Waals surface area contributed by atoms with Crippen molar-refractivity contribution in [2.75, 3.05) is 13.1 Å². The quantitative estimate of drug-likeness (QED) is 0.844. The van der Waals surface area contributed by atoms with Gasteiger partial charge in [0.25, 0.3) is 5.91 Å². The van der Waals surface area contributed by atoms with Crippen LogP contribution < -0.4 is 4.74 Å². The number of hydrogen-bond donors (Lipinski definition) is 1. The maximum absolute atomic E-state index is 12.9. The number of likely N-dealkylation sites (tertiary alicyclic amines) is 1. The summed E-state index contributed by atoms with van der Waals surface area (Å²) < 4.78 is 18.5. The van der Waals surface area contributed by atoms with Gasteiger partial charge >= 0.3 is 5.97 Å². The second-order valence-corrected chi connectivity index (χ2v) is 7.81. The number of carbonyl (C=O) groups excluding carboxylic acids is 1. The van der Waals surface area contributed by atoms with Crippen LogP contribution in [0.15, 0.2) is 24.3 Å². The third-order valence-electron chi connectivity index (χ3n) is 4.72. The number of aliphatic carboxylic acids is 1. The van der Waals surface area contributed by atoms with E-state index in [0.717, 1.165) is 0 Å². The van der Waals surface area contributed by atoms with Crippen molar-refractivity contribution in [3.05, 3.63) is 45.7 Å². The summed E-state index contributed by atoms with van der Waals surface area (Å²) >= 11 is 1.27. The summed E-state index contributed by atoms with van der Waals surface area (Å²) in [6, 6.07) is 5.71. The number of halogens is 1. The molecule has 6 nitrogen and oxygen atoms in total. The van der Waals surface area contributed by atoms with Crippen LogP contribution in [0.2, 0.25) is 0 Å². The van der Waals surface area contributed by atoms with Crippen LogP contribution in [0.5, 0.6) is 5.75 Å². The SMILES string of the molecule is Cc1nc(COc2ccc(F)cc2)sc1C(=O)N1CCC(C(=O)O)C(C)C1. The maximum Gasteiger partial charge on any atom is 0.306 e. The molecule has 1 amide bonds. The highest BCUT2D eigenvalue weighted by atomic mass is 32.1. The lowest BCUT2D eigenvalue weighted by atomic mass is 9.87. The minimum atomic E-state index is -0.802. The molecule has 2 atom stereocenters. The van der Waals surface area contributed by atoms with E-state index >= 15 is 0 Å². The highest BCUT2D eigenvalue weighted by molar-refractivity contribution is 7.13. The molecule has 0 spiro atoms. The lowest BCUT2D eigenvalue weighted by Crippen LogP contribution is -2.44. The number of ether oxygens (including phenoxy) is 1. The molecule has 144 valence electrons. The van der Waals surface area contributed by atoms with Crippen molar-refractivity contribution in [2.24, 2.45) is 11.8 Å². The number of rotatable bonds is 5. The molecule has 2 aromatic rings. The van der Waals surface area contributed by atoms with E-state index in [1.54, 1.807) is 11.8 Å². The van der Waals surface area contributed by atoms with Gasteiger partial charge in [-0.15, -0.1) is 11.3 Å². The Kier molecular flexibility index (Phi) is 5.74. The van der Waals surface area contributed by atoms with Crippen LogP contribution in [-0.2, 0) is 11.4 Å². The zero-order chi connectivity index (χ0) is 19.6. The van der Waals surface area contributed by atoms with E-state index < -0.39 is 11.9 Å². The van der Waals surface area contributed by atoms with Crippen molar-refractivity contribution >= 4 is 23.2 Å². The van der Waals surface area contributed by atoms with E-state index in [4.69, 9.17) is 4.74 Å². The zero-order valence-electron chi connectivity index (χ0n) is 15.1. The number of aromatic nitrogens is 1. The van der Waals surface area contributed by atoms with E-state index in [1.165, 1.54) is 35.6 Å². The first-order chi connectivity index (χ1) is 12.8. The summed E-state index contributed by atoms with van der Waals surface area (Å²) in [6.07, 6.45) is 0.459. The number of nitrogens with zero attached hydrogens (tertiary/aromatic N) is 2. The minimum absolute atomic E-state index is 0.0882. The molecule has 27 heavy (non-hydrogen) atoms. The Labute approximate surface area is 160 Å². The molecule has 2 unspecified atom stereocenters. The number of aryl methyl sites for hydroxylation is 1. The first kappa shape index (κ1) is 19.3. The highest BCUT2D eigenvalue weighted by Crippen LogP contribution is 2.27. The molecule has 1 saturated heterocycles. The fraction of sp³-hybridized carbons (Fsp3) is 0.421. The number of benzene rings is 1. The first-order valence-corrected chi connectivity index (χ1v) is 9.53. The minimum Gasteiger partial charge on any atom is -0.486 e. The molecule has 1 fully saturated rings. The topological polar surface area (TPSA) is 79.7 Å². The van der Waals surface area contributed by atoms with Gasteiger partial charge in [0.15, 0.2) is 0 Å². The predicted octanol–water partition coefficient (Wildman–Crippen LogP) is 3.35. The predicted molar refractivity (Wildman–Crippen MR) is 98.4 cm³/mol. The van der Waals surface area contributed by atoms with Crippen molar-refractivity contribution in [3.8, 4) is 5.75 Å². The van der Waals surface area contributed by atoms with Crippen LogP contribution in [0.4, 0.5) is 4.39 Å². The number of carbonyl (C=O) groups is 2. The third kappa shape index (κ3) is 4.44. The molecule has 0 bridgehead atoms. The Hall–Kier alpha value is -2.48. The van der Waals surface area contributed by atoms with Gasteiger partial charge in [-0.05, 0) is 43.5 Å². The van der Waals surface area contributed by atoms with Crippen LogP contribution in [0.1, 0.15) is 33.7 Å². The normalized spacial score (nSPS) is 19.7. The summed E-state index contributed by atoms with van der Waals surface area (Å²) in [5.74, 6) is -1.22. The number of carboxylic acid groups (broad SMARTS) is 1. The Morgan fingerprint density at radius 2 is 2.07 bits per heavy atom. The molecule has 1 aromatic carbocycles. The molecule has 1 N–H and O–H groups in total. The molecule has 3 rings (SSSR count). The third-order valence-corrected chi connectivity index (χ3v) is 5.84. The molecule has 0 radical (unpaired) electrons. The highest BCUT2D eigenvalue weighted by Gasteiger charge is 2.34. The van der Waals surface area contributed by atoms with Gasteiger partial charge in [-0.2, -0.15) is 0 Å². The van der Waals surface area contributed by atoms with E-state index in [-0.39, 0.29) is 24.2 Å². The van der Waals surface area contributed by atoms with Crippen LogP contribution >= 0.6 is 11.3 Å². The summed E-state index contributed by atoms with van der Waals surface area (Å²) in [4.78, 5) is 30.7.